The van der Waals surface area contributed by atoms with Crippen LogP contribution in [0.5, 0.6) is 5.75 Å². The Labute approximate surface area is 74.4 Å². The van der Waals surface area contributed by atoms with Gasteiger partial charge in [0, 0.05) is 12.6 Å². The van der Waals surface area contributed by atoms with Gasteiger partial charge in [0.1, 0.15) is 11.6 Å². The molecule has 1 aromatic heterocycles. The van der Waals surface area contributed by atoms with Crippen LogP contribution in [-0.2, 0) is 0 Å². The fraction of sp³-hybridized carbons (Fsp3) is 0.375. The van der Waals surface area contributed by atoms with Gasteiger partial charge in [-0.1, -0.05) is 0 Å². The zero-order valence-electron chi connectivity index (χ0n) is 6.72. The number of Topliss-reactive ketones (excluding diaryl/α,β-unsaturated/α-hetero) is 1. The van der Waals surface area contributed by atoms with Crippen molar-refractivity contribution in [1.29, 1.82) is 0 Å². The zero-order chi connectivity index (χ0) is 8.55. The number of rotatable bonds is 1. The second kappa shape index (κ2) is 2.79. The highest BCUT2D eigenvalue weighted by molar-refractivity contribution is 7.18. The van der Waals surface area contributed by atoms with E-state index in [1.165, 1.54) is 11.3 Å². The largest absolute Gasteiger partial charge is 0.489 e. The summed E-state index contributed by atoms with van der Waals surface area (Å²) in [5.41, 5.74) is 0. The first kappa shape index (κ1) is 7.61. The molecule has 1 N–H and O–H groups in total. The smallest absolute Gasteiger partial charge is 0.169 e. The summed E-state index contributed by atoms with van der Waals surface area (Å²) in [5.74, 6) is 0.913. The number of carbonyl (C=O) groups excluding carboxylic acids is 1. The first-order valence-electron chi connectivity index (χ1n) is 3.79. The molecule has 12 heavy (non-hydrogen) atoms. The number of fused-ring (bicyclic) bond motifs is 1. The highest BCUT2D eigenvalue weighted by atomic mass is 32.1. The Morgan fingerprint density at radius 1 is 1.75 bits per heavy atom. The Bertz CT molecular complexity index is 295. The third-order valence-corrected chi connectivity index (χ3v) is 2.87. The van der Waals surface area contributed by atoms with E-state index in [2.05, 4.69) is 5.32 Å². The maximum absolute atomic E-state index is 11.0. The van der Waals surface area contributed by atoms with Gasteiger partial charge in [-0.25, -0.2) is 0 Å². The van der Waals surface area contributed by atoms with Crippen LogP contribution in [0.2, 0.25) is 0 Å². The summed E-state index contributed by atoms with van der Waals surface area (Å²) >= 11 is 1.46. The van der Waals surface area contributed by atoms with Gasteiger partial charge in [-0.05, 0) is 6.92 Å². The summed E-state index contributed by atoms with van der Waals surface area (Å²) in [7, 11) is 0. The van der Waals surface area contributed by atoms with Crippen LogP contribution in [0.4, 0.5) is 5.00 Å². The van der Waals surface area contributed by atoms with Gasteiger partial charge in [-0.2, -0.15) is 0 Å². The van der Waals surface area contributed by atoms with Crippen LogP contribution in [0.15, 0.2) is 6.07 Å². The van der Waals surface area contributed by atoms with Gasteiger partial charge in [0.05, 0.1) is 4.88 Å². The van der Waals surface area contributed by atoms with E-state index in [0.29, 0.717) is 6.61 Å². The van der Waals surface area contributed by atoms with Crippen molar-refractivity contribution in [3.8, 4) is 5.75 Å². The third kappa shape index (κ3) is 1.18. The lowest BCUT2D eigenvalue weighted by molar-refractivity contribution is 0.102. The Kier molecular flexibility index (Phi) is 1.77. The minimum absolute atomic E-state index is 0.0970. The minimum atomic E-state index is 0.0970. The van der Waals surface area contributed by atoms with Crippen molar-refractivity contribution >= 4 is 22.1 Å². The maximum atomic E-state index is 11.0. The first-order valence-corrected chi connectivity index (χ1v) is 4.60. The molecule has 0 saturated heterocycles. The lowest BCUT2D eigenvalue weighted by atomic mass is 10.3. The van der Waals surface area contributed by atoms with Gasteiger partial charge in [0.15, 0.2) is 11.5 Å². The van der Waals surface area contributed by atoms with Gasteiger partial charge >= 0.3 is 0 Å². The van der Waals surface area contributed by atoms with E-state index in [1.807, 2.05) is 0 Å². The predicted octanol–water partition coefficient (Wildman–Crippen LogP) is 1.75. The van der Waals surface area contributed by atoms with Gasteiger partial charge in [0.25, 0.3) is 0 Å². The van der Waals surface area contributed by atoms with Gasteiger partial charge < -0.3 is 10.1 Å². The normalized spacial score (nSPS) is 14.4. The fourth-order valence-electron chi connectivity index (χ4n) is 1.10. The maximum Gasteiger partial charge on any atom is 0.169 e. The molecule has 0 saturated carbocycles. The molecule has 3 nitrogen and oxygen atoms in total. The molecule has 1 aliphatic heterocycles. The Morgan fingerprint density at radius 3 is 3.25 bits per heavy atom. The number of ether oxygens (including phenoxy) is 1. The van der Waals surface area contributed by atoms with E-state index in [9.17, 15) is 4.79 Å². The number of thiophene rings is 1. The highest BCUT2D eigenvalue weighted by Crippen LogP contribution is 2.36. The Hall–Kier alpha value is -1.03. The average molecular weight is 183 g/mol. The van der Waals surface area contributed by atoms with Gasteiger partial charge in [0.2, 0.25) is 0 Å². The van der Waals surface area contributed by atoms with Crippen LogP contribution in [-0.4, -0.2) is 18.9 Å². The summed E-state index contributed by atoms with van der Waals surface area (Å²) in [5, 5.41) is 4.16. The molecule has 0 unspecified atom stereocenters. The van der Waals surface area contributed by atoms with E-state index in [1.54, 1.807) is 13.0 Å². The molecule has 2 rings (SSSR count). The van der Waals surface area contributed by atoms with E-state index in [0.717, 1.165) is 22.2 Å². The highest BCUT2D eigenvalue weighted by Gasteiger charge is 2.15. The van der Waals surface area contributed by atoms with E-state index in [4.69, 9.17) is 4.74 Å². The van der Waals surface area contributed by atoms with Crippen molar-refractivity contribution in [2.24, 2.45) is 0 Å². The number of ketones is 1. The molecule has 2 heterocycles. The summed E-state index contributed by atoms with van der Waals surface area (Å²) in [6.07, 6.45) is 0. The molecule has 1 aromatic rings. The molecule has 0 fully saturated rings. The standard InChI is InChI=1S/C8H9NO2S/c1-5(10)7-4-6-8(12-7)9-2-3-11-6/h4,9H,2-3H2,1H3. The van der Waals surface area contributed by atoms with Crippen molar-refractivity contribution in [3.05, 3.63) is 10.9 Å². The molecule has 0 spiro atoms. The molecule has 0 radical (unpaired) electrons. The fourth-order valence-corrected chi connectivity index (χ4v) is 2.03. The van der Waals surface area contributed by atoms with Crippen LogP contribution in [0.1, 0.15) is 16.6 Å². The van der Waals surface area contributed by atoms with E-state index >= 15 is 0 Å². The summed E-state index contributed by atoms with van der Waals surface area (Å²) in [6.45, 7) is 3.07. The summed E-state index contributed by atoms with van der Waals surface area (Å²) in [4.78, 5) is 11.7. The summed E-state index contributed by atoms with van der Waals surface area (Å²) in [6, 6.07) is 1.80. The van der Waals surface area contributed by atoms with E-state index < -0.39 is 0 Å². The monoisotopic (exact) mass is 183 g/mol. The number of nitrogens with one attached hydrogen (secondary N) is 1. The number of anilines is 1. The second-order valence-corrected chi connectivity index (χ2v) is 3.69. The zero-order valence-corrected chi connectivity index (χ0v) is 7.53. The third-order valence-electron chi connectivity index (χ3n) is 1.69. The Balaban J connectivity index is 2.38. The van der Waals surface area contributed by atoms with E-state index in [-0.39, 0.29) is 5.78 Å². The summed E-state index contributed by atoms with van der Waals surface area (Å²) < 4.78 is 5.35. The second-order valence-electron chi connectivity index (χ2n) is 2.64. The quantitative estimate of drug-likeness (QED) is 0.674. The van der Waals surface area contributed by atoms with Crippen LogP contribution >= 0.6 is 11.3 Å². The number of hydrogen-bond donors (Lipinski definition) is 1. The molecule has 64 valence electrons. The topological polar surface area (TPSA) is 38.3 Å². The predicted molar refractivity (Wildman–Crippen MR) is 48.3 cm³/mol. The van der Waals surface area contributed by atoms with Crippen LogP contribution < -0.4 is 10.1 Å². The van der Waals surface area contributed by atoms with Gasteiger partial charge in [-0.15, -0.1) is 11.3 Å². The van der Waals surface area contributed by atoms with Gasteiger partial charge in [-0.3, -0.25) is 4.79 Å². The van der Waals surface area contributed by atoms with Crippen LogP contribution in [0.3, 0.4) is 0 Å². The molecule has 0 bridgehead atoms. The first-order chi connectivity index (χ1) is 5.77. The van der Waals surface area contributed by atoms with Crippen molar-refractivity contribution in [3.63, 3.8) is 0 Å². The minimum Gasteiger partial charge on any atom is -0.489 e. The lowest BCUT2D eigenvalue weighted by Gasteiger charge is -2.13. The molecule has 4 heteroatoms. The lowest BCUT2D eigenvalue weighted by Crippen LogP contribution is -2.15. The number of hydrogen-bond acceptors (Lipinski definition) is 4. The molecule has 0 aromatic carbocycles. The average Bonchev–Trinajstić information content (AvgIpc) is 2.46. The molecule has 0 amide bonds. The van der Waals surface area contributed by atoms with Crippen molar-refractivity contribution in [2.75, 3.05) is 18.5 Å². The van der Waals surface area contributed by atoms with Crippen molar-refractivity contribution in [2.45, 2.75) is 6.92 Å². The molecular weight excluding hydrogens is 174 g/mol. The number of carbonyl (C=O) groups is 1. The molecular formula is C8H9NO2S. The van der Waals surface area contributed by atoms with Crippen molar-refractivity contribution in [1.82, 2.24) is 0 Å². The van der Waals surface area contributed by atoms with Crippen LogP contribution in [0, 0.1) is 0 Å². The Morgan fingerprint density at radius 2 is 2.58 bits per heavy atom. The van der Waals surface area contributed by atoms with Crippen molar-refractivity contribution < 1.29 is 9.53 Å². The molecule has 0 atom stereocenters. The molecule has 0 aliphatic carbocycles. The molecule has 1 aliphatic rings. The SMILES string of the molecule is CC(=O)c1cc2c(s1)NCCO2. The van der Waals surface area contributed by atoms with Crippen LogP contribution in [0.25, 0.3) is 0 Å².